The summed E-state index contributed by atoms with van der Waals surface area (Å²) in [7, 11) is 1.60. The molecule has 15 heavy (non-hydrogen) atoms. The van der Waals surface area contributed by atoms with E-state index >= 15 is 0 Å². The lowest BCUT2D eigenvalue weighted by Crippen LogP contribution is -2.52. The van der Waals surface area contributed by atoms with Gasteiger partial charge in [0.15, 0.2) is 0 Å². The fourth-order valence-corrected chi connectivity index (χ4v) is 1.23. The number of hydrogen-bond donors (Lipinski definition) is 1. The molecule has 0 aromatic rings. The van der Waals surface area contributed by atoms with Crippen LogP contribution >= 0.6 is 0 Å². The standard InChI is InChI=1S/C9H16N2O4/c1-14-4-5-15-3-2-11-7-8(12)10-6-9(11)13/h2-7H2,1H3,(H,10,12). The molecule has 0 spiro atoms. The molecule has 1 heterocycles. The van der Waals surface area contributed by atoms with E-state index in [0.29, 0.717) is 26.4 Å². The third-order valence-electron chi connectivity index (χ3n) is 2.06. The maximum atomic E-state index is 11.3. The molecular formula is C9H16N2O4. The van der Waals surface area contributed by atoms with E-state index in [9.17, 15) is 9.59 Å². The Morgan fingerprint density at radius 3 is 2.87 bits per heavy atom. The average Bonchev–Trinajstić information content (AvgIpc) is 2.23. The number of ether oxygens (including phenoxy) is 2. The van der Waals surface area contributed by atoms with Crippen molar-refractivity contribution < 1.29 is 19.1 Å². The minimum absolute atomic E-state index is 0.0649. The van der Waals surface area contributed by atoms with Crippen molar-refractivity contribution in [2.45, 2.75) is 0 Å². The van der Waals surface area contributed by atoms with Gasteiger partial charge in [0.25, 0.3) is 0 Å². The van der Waals surface area contributed by atoms with Crippen LogP contribution in [-0.2, 0) is 19.1 Å². The molecule has 0 unspecified atom stereocenters. The normalized spacial score (nSPS) is 16.7. The molecule has 0 atom stereocenters. The highest BCUT2D eigenvalue weighted by Crippen LogP contribution is 1.95. The Bertz CT molecular complexity index is 232. The van der Waals surface area contributed by atoms with Gasteiger partial charge >= 0.3 is 0 Å². The van der Waals surface area contributed by atoms with Gasteiger partial charge in [0, 0.05) is 13.7 Å². The summed E-state index contributed by atoms with van der Waals surface area (Å²) in [5, 5.41) is 2.48. The van der Waals surface area contributed by atoms with E-state index in [-0.39, 0.29) is 24.9 Å². The van der Waals surface area contributed by atoms with Crippen molar-refractivity contribution in [2.24, 2.45) is 0 Å². The van der Waals surface area contributed by atoms with E-state index < -0.39 is 0 Å². The molecule has 0 saturated carbocycles. The second kappa shape index (κ2) is 6.36. The Labute approximate surface area is 88.5 Å². The minimum Gasteiger partial charge on any atom is -0.382 e. The fraction of sp³-hybridized carbons (Fsp3) is 0.778. The van der Waals surface area contributed by atoms with Crippen molar-refractivity contribution >= 4 is 11.8 Å². The van der Waals surface area contributed by atoms with Crippen LogP contribution in [0.1, 0.15) is 0 Å². The highest BCUT2D eigenvalue weighted by Gasteiger charge is 2.22. The summed E-state index contributed by atoms with van der Waals surface area (Å²) in [4.78, 5) is 23.8. The Kier molecular flexibility index (Phi) is 5.06. The van der Waals surface area contributed by atoms with Crippen LogP contribution < -0.4 is 5.32 Å². The van der Waals surface area contributed by atoms with E-state index in [1.165, 1.54) is 4.90 Å². The lowest BCUT2D eigenvalue weighted by atomic mass is 10.3. The van der Waals surface area contributed by atoms with E-state index in [0.717, 1.165) is 0 Å². The largest absolute Gasteiger partial charge is 0.382 e. The molecule has 86 valence electrons. The second-order valence-corrected chi connectivity index (χ2v) is 3.20. The van der Waals surface area contributed by atoms with Gasteiger partial charge in [-0.15, -0.1) is 0 Å². The van der Waals surface area contributed by atoms with Crippen molar-refractivity contribution in [1.82, 2.24) is 10.2 Å². The number of rotatable bonds is 6. The van der Waals surface area contributed by atoms with Gasteiger partial charge in [-0.25, -0.2) is 0 Å². The number of carbonyl (C=O) groups excluding carboxylic acids is 2. The molecule has 1 fully saturated rings. The summed E-state index contributed by atoms with van der Waals surface area (Å²) in [6.07, 6.45) is 0. The Morgan fingerprint density at radius 2 is 2.13 bits per heavy atom. The lowest BCUT2D eigenvalue weighted by molar-refractivity contribution is -0.141. The van der Waals surface area contributed by atoms with E-state index in [2.05, 4.69) is 5.32 Å². The highest BCUT2D eigenvalue weighted by atomic mass is 16.5. The van der Waals surface area contributed by atoms with E-state index in [1.54, 1.807) is 7.11 Å². The number of nitrogens with zero attached hydrogens (tertiary/aromatic N) is 1. The number of methoxy groups -OCH3 is 1. The monoisotopic (exact) mass is 216 g/mol. The molecule has 0 aromatic heterocycles. The van der Waals surface area contributed by atoms with Crippen molar-refractivity contribution in [2.75, 3.05) is 46.6 Å². The fourth-order valence-electron chi connectivity index (χ4n) is 1.23. The zero-order valence-corrected chi connectivity index (χ0v) is 8.82. The zero-order chi connectivity index (χ0) is 11.1. The summed E-state index contributed by atoms with van der Waals surface area (Å²) < 4.78 is 10.0. The summed E-state index contributed by atoms with van der Waals surface area (Å²) in [5.41, 5.74) is 0. The van der Waals surface area contributed by atoms with E-state index in [4.69, 9.17) is 9.47 Å². The second-order valence-electron chi connectivity index (χ2n) is 3.20. The van der Waals surface area contributed by atoms with Gasteiger partial charge < -0.3 is 19.7 Å². The van der Waals surface area contributed by atoms with Crippen molar-refractivity contribution in [1.29, 1.82) is 0 Å². The lowest BCUT2D eigenvalue weighted by Gasteiger charge is -2.26. The maximum Gasteiger partial charge on any atom is 0.242 e. The molecule has 0 aliphatic carbocycles. The number of piperazine rings is 1. The topological polar surface area (TPSA) is 67.9 Å². The highest BCUT2D eigenvalue weighted by molar-refractivity contribution is 5.92. The predicted octanol–water partition coefficient (Wildman–Crippen LogP) is -1.39. The predicted molar refractivity (Wildman–Crippen MR) is 52.3 cm³/mol. The van der Waals surface area contributed by atoms with Gasteiger partial charge in [0.1, 0.15) is 0 Å². The Morgan fingerprint density at radius 1 is 1.33 bits per heavy atom. The first kappa shape index (κ1) is 11.9. The van der Waals surface area contributed by atoms with Crippen molar-refractivity contribution in [3.8, 4) is 0 Å². The van der Waals surface area contributed by atoms with Crippen LogP contribution in [0.2, 0.25) is 0 Å². The minimum atomic E-state index is -0.119. The summed E-state index contributed by atoms with van der Waals surface area (Å²) in [6.45, 7) is 2.15. The molecule has 1 saturated heterocycles. The quantitative estimate of drug-likeness (QED) is 0.555. The van der Waals surface area contributed by atoms with Crippen molar-refractivity contribution in [3.63, 3.8) is 0 Å². The molecule has 1 rings (SSSR count). The molecule has 2 amide bonds. The Balaban J connectivity index is 2.13. The Hall–Kier alpha value is -1.14. The first-order valence-electron chi connectivity index (χ1n) is 4.85. The molecule has 0 aromatic carbocycles. The van der Waals surface area contributed by atoms with Crippen LogP contribution in [0.3, 0.4) is 0 Å². The van der Waals surface area contributed by atoms with Crippen molar-refractivity contribution in [3.05, 3.63) is 0 Å². The van der Waals surface area contributed by atoms with Gasteiger partial charge in [-0.2, -0.15) is 0 Å². The number of nitrogens with one attached hydrogen (secondary N) is 1. The molecule has 0 bridgehead atoms. The summed E-state index contributed by atoms with van der Waals surface area (Å²) in [6, 6.07) is 0. The SMILES string of the molecule is COCCOCCN1CC(=O)NCC1=O. The number of amides is 2. The summed E-state index contributed by atoms with van der Waals surface area (Å²) >= 11 is 0. The third kappa shape index (κ3) is 4.26. The number of hydrogen-bond acceptors (Lipinski definition) is 4. The average molecular weight is 216 g/mol. The van der Waals surface area contributed by atoms with E-state index in [1.807, 2.05) is 0 Å². The molecule has 0 radical (unpaired) electrons. The van der Waals surface area contributed by atoms with Crippen LogP contribution in [0.25, 0.3) is 0 Å². The summed E-state index contributed by atoms with van der Waals surface area (Å²) in [5.74, 6) is -0.184. The molecular weight excluding hydrogens is 200 g/mol. The van der Waals surface area contributed by atoms with Crippen LogP contribution in [-0.4, -0.2) is 63.3 Å². The van der Waals surface area contributed by atoms with Crippen LogP contribution in [0.5, 0.6) is 0 Å². The molecule has 1 aliphatic rings. The number of carbonyl (C=O) groups is 2. The van der Waals surface area contributed by atoms with Crippen LogP contribution in [0.4, 0.5) is 0 Å². The maximum absolute atomic E-state index is 11.3. The zero-order valence-electron chi connectivity index (χ0n) is 8.82. The van der Waals surface area contributed by atoms with Crippen LogP contribution in [0, 0.1) is 0 Å². The van der Waals surface area contributed by atoms with Gasteiger partial charge in [0.05, 0.1) is 32.9 Å². The molecule has 6 heteroatoms. The van der Waals surface area contributed by atoms with Gasteiger partial charge in [-0.1, -0.05) is 0 Å². The molecule has 1 aliphatic heterocycles. The first-order chi connectivity index (χ1) is 7.24. The molecule has 1 N–H and O–H groups in total. The van der Waals surface area contributed by atoms with Gasteiger partial charge in [0.2, 0.25) is 11.8 Å². The van der Waals surface area contributed by atoms with Crippen LogP contribution in [0.15, 0.2) is 0 Å². The molecule has 6 nitrogen and oxygen atoms in total. The smallest absolute Gasteiger partial charge is 0.242 e. The third-order valence-corrected chi connectivity index (χ3v) is 2.06. The van der Waals surface area contributed by atoms with Gasteiger partial charge in [-0.05, 0) is 0 Å². The van der Waals surface area contributed by atoms with Gasteiger partial charge in [-0.3, -0.25) is 9.59 Å². The first-order valence-corrected chi connectivity index (χ1v) is 4.85.